The van der Waals surface area contributed by atoms with Gasteiger partial charge in [-0.3, -0.25) is 4.57 Å². The van der Waals surface area contributed by atoms with Crippen LogP contribution in [0.2, 0.25) is 0 Å². The third-order valence-electron chi connectivity index (χ3n) is 4.13. The van der Waals surface area contributed by atoms with Crippen LogP contribution in [0.3, 0.4) is 0 Å². The Kier molecular flexibility index (Phi) is 4.02. The zero-order chi connectivity index (χ0) is 16.6. The van der Waals surface area contributed by atoms with Gasteiger partial charge < -0.3 is 9.64 Å². The number of anilines is 1. The van der Waals surface area contributed by atoms with Gasteiger partial charge in [-0.1, -0.05) is 6.07 Å². The molecule has 2 heterocycles. The first-order valence-corrected chi connectivity index (χ1v) is 7.37. The van der Waals surface area contributed by atoms with Gasteiger partial charge in [-0.25, -0.2) is 13.6 Å². The van der Waals surface area contributed by atoms with E-state index in [9.17, 15) is 13.6 Å². The van der Waals surface area contributed by atoms with Crippen molar-refractivity contribution in [3.05, 3.63) is 51.9 Å². The highest BCUT2D eigenvalue weighted by atomic mass is 19.2. The number of benzene rings is 1. The number of halogens is 2. The summed E-state index contributed by atoms with van der Waals surface area (Å²) in [7, 11) is 1.91. The molecule has 23 heavy (non-hydrogen) atoms. The maximum atomic E-state index is 13.2. The van der Waals surface area contributed by atoms with Crippen LogP contribution in [-0.4, -0.2) is 22.6 Å². The Balaban J connectivity index is 1.82. The molecule has 0 amide bonds. The van der Waals surface area contributed by atoms with E-state index in [1.807, 2.05) is 11.9 Å². The van der Waals surface area contributed by atoms with E-state index in [1.165, 1.54) is 6.07 Å². The summed E-state index contributed by atoms with van der Waals surface area (Å²) in [6.45, 7) is 2.71. The van der Waals surface area contributed by atoms with Crippen LogP contribution >= 0.6 is 0 Å². The van der Waals surface area contributed by atoms with Gasteiger partial charge >= 0.3 is 5.69 Å². The van der Waals surface area contributed by atoms with E-state index in [4.69, 9.17) is 4.74 Å². The quantitative estimate of drug-likeness (QED) is 0.870. The highest BCUT2D eigenvalue weighted by molar-refractivity contribution is 5.43. The van der Waals surface area contributed by atoms with E-state index in [0.29, 0.717) is 18.2 Å². The Hall–Kier alpha value is -2.44. The van der Waals surface area contributed by atoms with Crippen LogP contribution in [0, 0.1) is 11.6 Å². The molecule has 1 aliphatic heterocycles. The summed E-state index contributed by atoms with van der Waals surface area (Å²) in [5.74, 6) is -0.927. The highest BCUT2D eigenvalue weighted by Crippen LogP contribution is 2.24. The molecule has 1 atom stereocenters. The lowest BCUT2D eigenvalue weighted by Crippen LogP contribution is -2.41. The number of rotatable bonds is 3. The fraction of sp³-hybridized carbons (Fsp3) is 0.375. The number of nitrogens with zero attached hydrogens (tertiary/aromatic N) is 3. The summed E-state index contributed by atoms with van der Waals surface area (Å²) in [5.41, 5.74) is 0.0896. The van der Waals surface area contributed by atoms with Crippen molar-refractivity contribution in [2.24, 2.45) is 0 Å². The molecule has 2 aromatic rings. The van der Waals surface area contributed by atoms with Gasteiger partial charge in [0.15, 0.2) is 11.6 Å². The summed E-state index contributed by atoms with van der Waals surface area (Å²) in [4.78, 5) is 18.0. The van der Waals surface area contributed by atoms with E-state index in [0.717, 1.165) is 24.4 Å². The zero-order valence-corrected chi connectivity index (χ0v) is 12.9. The second-order valence-corrected chi connectivity index (χ2v) is 5.67. The third-order valence-corrected chi connectivity index (χ3v) is 4.13. The van der Waals surface area contributed by atoms with E-state index < -0.39 is 11.6 Å². The van der Waals surface area contributed by atoms with Crippen molar-refractivity contribution in [1.29, 1.82) is 0 Å². The number of hydrogen-bond acceptors (Lipinski definition) is 4. The molecule has 7 heteroatoms. The monoisotopic (exact) mass is 321 g/mol. The van der Waals surface area contributed by atoms with Gasteiger partial charge in [0.2, 0.25) is 5.88 Å². The molecule has 0 bridgehead atoms. The normalized spacial score (nSPS) is 17.0. The molecule has 0 aliphatic carbocycles. The van der Waals surface area contributed by atoms with Gasteiger partial charge in [0.05, 0.1) is 0 Å². The van der Waals surface area contributed by atoms with Crippen molar-refractivity contribution in [2.45, 2.75) is 32.5 Å². The molecule has 0 saturated heterocycles. The van der Waals surface area contributed by atoms with Crippen molar-refractivity contribution in [1.82, 2.24) is 9.55 Å². The van der Waals surface area contributed by atoms with Gasteiger partial charge in [-0.2, -0.15) is 4.98 Å². The molecule has 0 saturated carbocycles. The first kappa shape index (κ1) is 15.5. The lowest BCUT2D eigenvalue weighted by molar-refractivity contribution is 0.289. The minimum absolute atomic E-state index is 0.00631. The van der Waals surface area contributed by atoms with Crippen molar-refractivity contribution >= 4 is 5.82 Å². The van der Waals surface area contributed by atoms with Crippen LogP contribution in [0.25, 0.3) is 0 Å². The maximum absolute atomic E-state index is 13.2. The van der Waals surface area contributed by atoms with Gasteiger partial charge in [-0.15, -0.1) is 0 Å². The summed E-state index contributed by atoms with van der Waals surface area (Å²) in [6.07, 6.45) is 0.875. The Morgan fingerprint density at radius 1 is 1.30 bits per heavy atom. The molecule has 0 fully saturated rings. The molecule has 0 N–H and O–H groups in total. The van der Waals surface area contributed by atoms with Gasteiger partial charge in [0, 0.05) is 25.7 Å². The Labute approximate surface area is 132 Å². The van der Waals surface area contributed by atoms with Crippen LogP contribution in [0.1, 0.15) is 18.9 Å². The molecule has 5 nitrogen and oxygen atoms in total. The molecular weight excluding hydrogens is 304 g/mol. The van der Waals surface area contributed by atoms with Gasteiger partial charge in [-0.05, 0) is 31.0 Å². The molecule has 1 aliphatic rings. The maximum Gasteiger partial charge on any atom is 0.352 e. The molecule has 3 rings (SSSR count). The second kappa shape index (κ2) is 5.98. The van der Waals surface area contributed by atoms with Crippen LogP contribution in [-0.2, 0) is 13.2 Å². The fourth-order valence-corrected chi connectivity index (χ4v) is 2.57. The third kappa shape index (κ3) is 3.04. The van der Waals surface area contributed by atoms with Crippen molar-refractivity contribution in [3.63, 3.8) is 0 Å². The number of ether oxygens (including phenoxy) is 1. The number of fused-ring (bicyclic) bond motifs is 1. The van der Waals surface area contributed by atoms with Crippen molar-refractivity contribution in [3.8, 4) is 5.88 Å². The molecular formula is C16H17F2N3O2. The van der Waals surface area contributed by atoms with E-state index in [1.54, 1.807) is 10.6 Å². The van der Waals surface area contributed by atoms with E-state index in [-0.39, 0.29) is 18.2 Å². The van der Waals surface area contributed by atoms with Gasteiger partial charge in [0.1, 0.15) is 12.4 Å². The molecule has 0 unspecified atom stereocenters. The van der Waals surface area contributed by atoms with Crippen molar-refractivity contribution in [2.75, 3.05) is 11.9 Å². The summed E-state index contributed by atoms with van der Waals surface area (Å²) in [6, 6.07) is 5.54. The van der Waals surface area contributed by atoms with Crippen LogP contribution in [0.5, 0.6) is 5.88 Å². The molecule has 122 valence electrons. The standard InChI is InChI=1S/C16H17F2N3O2/c1-10-5-6-21-15(20(10)2)8-14(19-16(21)22)23-9-11-3-4-12(17)13(18)7-11/h3-4,7-8,10H,5-6,9H2,1-2H3/t10-/m0/s1. The first-order chi connectivity index (χ1) is 11.0. The number of hydrogen-bond donors (Lipinski definition) is 0. The minimum atomic E-state index is -0.932. The molecule has 1 aromatic carbocycles. The predicted octanol–water partition coefficient (Wildman–Crippen LogP) is 2.33. The molecule has 0 spiro atoms. The second-order valence-electron chi connectivity index (χ2n) is 5.67. The van der Waals surface area contributed by atoms with Crippen molar-refractivity contribution < 1.29 is 13.5 Å². The Morgan fingerprint density at radius 3 is 2.83 bits per heavy atom. The van der Waals surface area contributed by atoms with Crippen LogP contribution in [0.15, 0.2) is 29.1 Å². The topological polar surface area (TPSA) is 47.4 Å². The average molecular weight is 321 g/mol. The summed E-state index contributed by atoms with van der Waals surface area (Å²) >= 11 is 0. The first-order valence-electron chi connectivity index (χ1n) is 7.37. The van der Waals surface area contributed by atoms with E-state index in [2.05, 4.69) is 11.9 Å². The lowest BCUT2D eigenvalue weighted by atomic mass is 10.1. The van der Waals surface area contributed by atoms with E-state index >= 15 is 0 Å². The smallest absolute Gasteiger partial charge is 0.352 e. The van der Waals surface area contributed by atoms with Crippen LogP contribution < -0.4 is 15.3 Å². The Morgan fingerprint density at radius 2 is 2.09 bits per heavy atom. The fourth-order valence-electron chi connectivity index (χ4n) is 2.57. The lowest BCUT2D eigenvalue weighted by Gasteiger charge is -2.34. The predicted molar refractivity (Wildman–Crippen MR) is 81.7 cm³/mol. The van der Waals surface area contributed by atoms with Crippen LogP contribution in [0.4, 0.5) is 14.6 Å². The highest BCUT2D eigenvalue weighted by Gasteiger charge is 2.22. The largest absolute Gasteiger partial charge is 0.473 e. The Bertz CT molecular complexity index is 791. The van der Waals surface area contributed by atoms with Gasteiger partial charge in [0.25, 0.3) is 0 Å². The molecule has 0 radical (unpaired) electrons. The number of aromatic nitrogens is 2. The SMILES string of the molecule is C[C@H]1CCn2c(cc(OCc3ccc(F)c(F)c3)nc2=O)N1C. The summed E-state index contributed by atoms with van der Waals surface area (Å²) < 4.78 is 33.2. The zero-order valence-electron chi connectivity index (χ0n) is 12.9. The minimum Gasteiger partial charge on any atom is -0.473 e. The molecule has 1 aromatic heterocycles. The average Bonchev–Trinajstić information content (AvgIpc) is 2.52. The summed E-state index contributed by atoms with van der Waals surface area (Å²) in [5, 5.41) is 0.